The van der Waals surface area contributed by atoms with E-state index in [1.165, 1.54) is 314 Å². The molecule has 0 saturated carbocycles. The highest BCUT2D eigenvalue weighted by molar-refractivity contribution is 6.36. The van der Waals surface area contributed by atoms with Crippen molar-refractivity contribution in [2.75, 3.05) is 0 Å². The molecule has 0 amide bonds. The van der Waals surface area contributed by atoms with Crippen LogP contribution in [-0.2, 0) is 52.8 Å². The standard InChI is InChI=1S/C110H138/c1-20-24-28-32-36-40-46-73-52-54-78(62-75(73)48-42-38-34-30-26-22-3)96-88-50-44-45-51-89(88)97(79-55-53-74(47-41-37-33-29-25-21-2)76(63-79)49-43-39-35-31-27-23-4)103-91-59-61-93-101-92(60-58-90(100(91)101)102(96)103)104-98(81-65-84(107(8,9)10)71-85(66-81)108(11,12)13)94-69-77-56-57-83(106(5,6)7)64-80(77)70-95(94)99(105(93)104)82-67-86(109(14,15)16)72-87(68-82)110(17,18)19/h44-45,50-72H,20-43,46-49H2,1-19H3. The van der Waals surface area contributed by atoms with Crippen molar-refractivity contribution in [3.8, 4) is 89.0 Å². The van der Waals surface area contributed by atoms with Gasteiger partial charge in [-0.15, -0.1) is 0 Å². The van der Waals surface area contributed by atoms with Gasteiger partial charge in [-0.3, -0.25) is 0 Å². The first-order chi connectivity index (χ1) is 52.6. The fraction of sp³-hybridized carbons (Fsp3) is 0.473. The zero-order chi connectivity index (χ0) is 78.0. The Labute approximate surface area is 667 Å². The van der Waals surface area contributed by atoms with E-state index in [0.29, 0.717) is 0 Å². The van der Waals surface area contributed by atoms with Gasteiger partial charge in [0.25, 0.3) is 0 Å². The van der Waals surface area contributed by atoms with E-state index in [1.54, 1.807) is 22.3 Å². The van der Waals surface area contributed by atoms with Gasteiger partial charge in [0.1, 0.15) is 0 Å². The fourth-order valence-electron chi connectivity index (χ4n) is 18.9. The minimum atomic E-state index is -0.0946. The summed E-state index contributed by atoms with van der Waals surface area (Å²) < 4.78 is 0. The highest BCUT2D eigenvalue weighted by atomic mass is 14.4. The molecule has 0 aliphatic heterocycles. The Morgan fingerprint density at radius 2 is 0.491 bits per heavy atom. The van der Waals surface area contributed by atoms with Crippen LogP contribution < -0.4 is 0 Å². The molecule has 110 heavy (non-hydrogen) atoms. The molecule has 13 rings (SSSR count). The normalized spacial score (nSPS) is 13.0. The summed E-state index contributed by atoms with van der Waals surface area (Å²) in [5.74, 6) is 0. The first-order valence-electron chi connectivity index (χ1n) is 44.5. The number of benzene rings is 11. The predicted molar refractivity (Wildman–Crippen MR) is 489 cm³/mol. The first-order valence-corrected chi connectivity index (χ1v) is 44.5. The molecule has 0 heterocycles. The lowest BCUT2D eigenvalue weighted by atomic mass is 9.75. The number of rotatable bonds is 32. The van der Waals surface area contributed by atoms with Crippen LogP contribution in [-0.4, -0.2) is 0 Å². The zero-order valence-corrected chi connectivity index (χ0v) is 72.2. The summed E-state index contributed by atoms with van der Waals surface area (Å²) in [6.07, 6.45) is 36.0. The SMILES string of the molecule is CCCCCCCCc1ccc(-c2c3c(c(-c4ccc(CCCCCCCC)c(CCCCCCCC)c4)c4ccccc24)-c2ccc4c5c(ccc-3c25)-c2c-4c(-c3cc(C(C)(C)C)cc(C(C)(C)C)c3)c3cc4cc(C(C)(C)C)ccc4cc3c2-c2cc(C(C)(C)C)cc(C(C)(C)C)c2)cc1CCCCCCCC. The van der Waals surface area contributed by atoms with Crippen molar-refractivity contribution in [1.29, 1.82) is 0 Å². The van der Waals surface area contributed by atoms with E-state index >= 15 is 0 Å². The Bertz CT molecular complexity index is 4930. The summed E-state index contributed by atoms with van der Waals surface area (Å²) >= 11 is 0. The van der Waals surface area contributed by atoms with Crippen LogP contribution in [0, 0.1) is 0 Å². The van der Waals surface area contributed by atoms with Gasteiger partial charge in [0, 0.05) is 0 Å². The van der Waals surface area contributed by atoms with Crippen molar-refractivity contribution in [1.82, 2.24) is 0 Å². The number of aryl methyl sites for hydroxylation is 4. The maximum absolute atomic E-state index is 2.72. The van der Waals surface area contributed by atoms with Crippen molar-refractivity contribution in [2.45, 2.75) is 338 Å². The third kappa shape index (κ3) is 16.9. The summed E-state index contributed by atoms with van der Waals surface area (Å²) in [7, 11) is 0. The zero-order valence-electron chi connectivity index (χ0n) is 72.2. The van der Waals surface area contributed by atoms with E-state index < -0.39 is 0 Å². The highest BCUT2D eigenvalue weighted by Crippen LogP contribution is 2.65. The Kier molecular flexibility index (Phi) is 24.6. The summed E-state index contributed by atoms with van der Waals surface area (Å²) in [4.78, 5) is 0. The largest absolute Gasteiger partial charge is 0.0654 e. The maximum Gasteiger partial charge on any atom is -0.000740 e. The quantitative estimate of drug-likeness (QED) is 0.0291. The van der Waals surface area contributed by atoms with Crippen molar-refractivity contribution in [2.24, 2.45) is 0 Å². The molecule has 0 fully saturated rings. The lowest BCUT2D eigenvalue weighted by Crippen LogP contribution is -2.17. The summed E-state index contributed by atoms with van der Waals surface area (Å²) in [6, 6.07) is 64.2. The van der Waals surface area contributed by atoms with Crippen molar-refractivity contribution in [3.63, 3.8) is 0 Å². The van der Waals surface area contributed by atoms with Crippen LogP contribution in [0.1, 0.15) is 336 Å². The number of unbranched alkanes of at least 4 members (excludes halogenated alkanes) is 20. The molecule has 0 aromatic heterocycles. The van der Waals surface area contributed by atoms with Crippen molar-refractivity contribution in [3.05, 3.63) is 202 Å². The molecule has 2 aliphatic carbocycles. The molecule has 2 aliphatic rings. The van der Waals surface area contributed by atoms with Gasteiger partial charge in [-0.05, 0) is 273 Å². The van der Waals surface area contributed by atoms with Crippen LogP contribution >= 0.6 is 0 Å². The van der Waals surface area contributed by atoms with Gasteiger partial charge in [-0.1, -0.05) is 399 Å². The third-order valence-corrected chi connectivity index (χ3v) is 25.7. The lowest BCUT2D eigenvalue weighted by Gasteiger charge is -2.29. The van der Waals surface area contributed by atoms with Gasteiger partial charge in [0.2, 0.25) is 0 Å². The second kappa shape index (κ2) is 33.6. The summed E-state index contributed by atoms with van der Waals surface area (Å²) in [5.41, 5.74) is 34.8. The van der Waals surface area contributed by atoms with Gasteiger partial charge in [0.15, 0.2) is 0 Å². The van der Waals surface area contributed by atoms with E-state index in [0.717, 1.165) is 25.7 Å². The number of fused-ring (bicyclic) bond motifs is 9. The third-order valence-electron chi connectivity index (χ3n) is 25.7. The van der Waals surface area contributed by atoms with Crippen LogP contribution in [0.25, 0.3) is 132 Å². The molecule has 0 saturated heterocycles. The maximum atomic E-state index is 2.72. The smallest absolute Gasteiger partial charge is 0.000740 e. The molecule has 11 aromatic rings. The lowest BCUT2D eigenvalue weighted by molar-refractivity contribution is 0.568. The number of hydrogen-bond acceptors (Lipinski definition) is 0. The molecule has 0 nitrogen and oxygen atoms in total. The van der Waals surface area contributed by atoms with Crippen molar-refractivity contribution < 1.29 is 0 Å². The molecule has 0 atom stereocenters. The van der Waals surface area contributed by atoms with Gasteiger partial charge >= 0.3 is 0 Å². The number of hydrogen-bond donors (Lipinski definition) is 0. The van der Waals surface area contributed by atoms with E-state index in [1.807, 2.05) is 0 Å². The first kappa shape index (κ1) is 80.5. The molecule has 578 valence electrons. The molecule has 0 radical (unpaired) electrons. The monoisotopic (exact) mass is 1460 g/mol. The predicted octanol–water partition coefficient (Wildman–Crippen LogP) is 34.4. The summed E-state index contributed by atoms with van der Waals surface area (Å²) in [6.45, 7) is 45.5. The topological polar surface area (TPSA) is 0 Å². The average molecular weight is 1460 g/mol. The van der Waals surface area contributed by atoms with Crippen LogP contribution in [0.5, 0.6) is 0 Å². The Morgan fingerprint density at radius 1 is 0.200 bits per heavy atom. The molecular formula is C110H138. The molecule has 0 N–H and O–H groups in total. The second-order valence-electron chi connectivity index (χ2n) is 39.5. The van der Waals surface area contributed by atoms with Gasteiger partial charge in [-0.2, -0.15) is 0 Å². The van der Waals surface area contributed by atoms with Gasteiger partial charge in [-0.25, -0.2) is 0 Å². The van der Waals surface area contributed by atoms with Crippen LogP contribution in [0.15, 0.2) is 152 Å². The van der Waals surface area contributed by atoms with E-state index in [-0.39, 0.29) is 27.1 Å². The average Bonchev–Trinajstić information content (AvgIpc) is 1.50. The van der Waals surface area contributed by atoms with Crippen LogP contribution in [0.2, 0.25) is 0 Å². The molecule has 0 heteroatoms. The second-order valence-corrected chi connectivity index (χ2v) is 39.5. The Balaban J connectivity index is 1.15. The summed E-state index contributed by atoms with van der Waals surface area (Å²) in [5, 5.41) is 10.8. The molecule has 11 aromatic carbocycles. The molecule has 0 spiro atoms. The minimum absolute atomic E-state index is 0.0182. The minimum Gasteiger partial charge on any atom is -0.0654 e. The highest BCUT2D eigenvalue weighted by Gasteiger charge is 2.39. The van der Waals surface area contributed by atoms with E-state index in [9.17, 15) is 0 Å². The van der Waals surface area contributed by atoms with E-state index in [4.69, 9.17) is 0 Å². The molecule has 0 unspecified atom stereocenters. The molecular weight excluding hydrogens is 1320 g/mol. The van der Waals surface area contributed by atoms with E-state index in [2.05, 4.69) is 283 Å². The van der Waals surface area contributed by atoms with Gasteiger partial charge < -0.3 is 0 Å². The fourth-order valence-corrected chi connectivity index (χ4v) is 18.9. The van der Waals surface area contributed by atoms with Gasteiger partial charge in [0.05, 0.1) is 0 Å². The Hall–Kier alpha value is -7.54. The Morgan fingerprint density at radius 3 is 0.809 bits per heavy atom. The van der Waals surface area contributed by atoms with Crippen LogP contribution in [0.4, 0.5) is 0 Å². The van der Waals surface area contributed by atoms with Crippen LogP contribution in [0.3, 0.4) is 0 Å². The molecule has 0 bridgehead atoms. The van der Waals surface area contributed by atoms with Crippen molar-refractivity contribution >= 4 is 43.1 Å².